The average Bonchev–Trinajstić information content (AvgIpc) is 2.58. The van der Waals surface area contributed by atoms with Crippen molar-refractivity contribution >= 4 is 5.69 Å². The highest BCUT2D eigenvalue weighted by Gasteiger charge is 2.46. The lowest BCUT2D eigenvalue weighted by Crippen LogP contribution is -3.03. The van der Waals surface area contributed by atoms with Gasteiger partial charge < -0.3 is 9.80 Å². The molecule has 2 aliphatic heterocycles. The maximum absolute atomic E-state index is 2.46. The van der Waals surface area contributed by atoms with Gasteiger partial charge in [-0.15, -0.1) is 0 Å². The SMILES string of the molecule is CN1CCC2(CC1)C[NH+](C)c1ccccc12. The first-order chi connectivity index (χ1) is 7.71. The molecule has 1 spiro atoms. The Morgan fingerprint density at radius 3 is 2.62 bits per heavy atom. The molecule has 1 N–H and O–H groups in total. The van der Waals surface area contributed by atoms with E-state index in [4.69, 9.17) is 0 Å². The van der Waals surface area contributed by atoms with E-state index in [1.807, 2.05) is 0 Å². The second kappa shape index (κ2) is 3.57. The number of nitrogens with zero attached hydrogens (tertiary/aromatic N) is 1. The lowest BCUT2D eigenvalue weighted by Gasteiger charge is -2.36. The summed E-state index contributed by atoms with van der Waals surface area (Å²) in [5, 5.41) is 0. The van der Waals surface area contributed by atoms with Crippen molar-refractivity contribution in [1.29, 1.82) is 0 Å². The van der Waals surface area contributed by atoms with E-state index in [0.717, 1.165) is 0 Å². The number of likely N-dealkylation sites (N-methyl/N-ethyl adjacent to an activating group) is 1. The van der Waals surface area contributed by atoms with Crippen LogP contribution in [0.25, 0.3) is 0 Å². The van der Waals surface area contributed by atoms with Gasteiger partial charge in [-0.05, 0) is 39.0 Å². The first-order valence-corrected chi connectivity index (χ1v) is 6.32. The minimum atomic E-state index is 0.479. The number of likely N-dealkylation sites (tertiary alicyclic amines) is 1. The van der Waals surface area contributed by atoms with Crippen molar-refractivity contribution in [3.05, 3.63) is 29.8 Å². The molecule has 3 rings (SSSR count). The third-order valence-corrected chi connectivity index (χ3v) is 4.51. The van der Waals surface area contributed by atoms with Gasteiger partial charge in [-0.2, -0.15) is 0 Å². The highest BCUT2D eigenvalue weighted by atomic mass is 15.2. The highest BCUT2D eigenvalue weighted by molar-refractivity contribution is 5.48. The molecule has 1 fully saturated rings. The normalized spacial score (nSPS) is 28.2. The van der Waals surface area contributed by atoms with Gasteiger partial charge in [0.05, 0.1) is 19.0 Å². The second-order valence-electron chi connectivity index (χ2n) is 5.59. The summed E-state index contributed by atoms with van der Waals surface area (Å²) in [5.41, 5.74) is 3.64. The third-order valence-electron chi connectivity index (χ3n) is 4.51. The summed E-state index contributed by atoms with van der Waals surface area (Å²) in [7, 11) is 4.55. The van der Waals surface area contributed by atoms with Gasteiger partial charge >= 0.3 is 0 Å². The number of benzene rings is 1. The number of rotatable bonds is 0. The maximum atomic E-state index is 2.46. The molecule has 16 heavy (non-hydrogen) atoms. The smallest absolute Gasteiger partial charge is 0.135 e. The molecule has 0 radical (unpaired) electrons. The average molecular weight is 217 g/mol. The van der Waals surface area contributed by atoms with Crippen LogP contribution >= 0.6 is 0 Å². The largest absolute Gasteiger partial charge is 0.306 e. The van der Waals surface area contributed by atoms with Gasteiger partial charge in [0.25, 0.3) is 0 Å². The van der Waals surface area contributed by atoms with Crippen molar-refractivity contribution < 1.29 is 4.90 Å². The molecule has 0 bridgehead atoms. The van der Waals surface area contributed by atoms with E-state index in [2.05, 4.69) is 43.3 Å². The van der Waals surface area contributed by atoms with Gasteiger partial charge in [0, 0.05) is 5.56 Å². The molecule has 2 nitrogen and oxygen atoms in total. The molecule has 1 atom stereocenters. The molecule has 1 aromatic carbocycles. The number of fused-ring (bicyclic) bond motifs is 2. The molecule has 2 aliphatic rings. The van der Waals surface area contributed by atoms with E-state index in [1.54, 1.807) is 10.5 Å². The second-order valence-corrected chi connectivity index (χ2v) is 5.59. The van der Waals surface area contributed by atoms with E-state index < -0.39 is 0 Å². The van der Waals surface area contributed by atoms with Gasteiger partial charge in [0.2, 0.25) is 0 Å². The molecule has 1 unspecified atom stereocenters. The molecule has 2 heterocycles. The van der Waals surface area contributed by atoms with Crippen LogP contribution in [0.3, 0.4) is 0 Å². The number of piperidine rings is 1. The summed E-state index contributed by atoms with van der Waals surface area (Å²) in [6, 6.07) is 9.04. The highest BCUT2D eigenvalue weighted by Crippen LogP contribution is 2.40. The van der Waals surface area contributed by atoms with Crippen molar-refractivity contribution in [3.8, 4) is 0 Å². The quantitative estimate of drug-likeness (QED) is 0.676. The first-order valence-electron chi connectivity index (χ1n) is 6.32. The number of para-hydroxylation sites is 1. The van der Waals surface area contributed by atoms with E-state index in [0.29, 0.717) is 5.41 Å². The summed E-state index contributed by atoms with van der Waals surface area (Å²) in [6.45, 7) is 3.80. The molecule has 0 aliphatic carbocycles. The van der Waals surface area contributed by atoms with Crippen LogP contribution in [0.4, 0.5) is 5.69 Å². The fraction of sp³-hybridized carbons (Fsp3) is 0.571. The maximum Gasteiger partial charge on any atom is 0.135 e. The van der Waals surface area contributed by atoms with Crippen molar-refractivity contribution in [2.45, 2.75) is 18.3 Å². The number of hydrogen-bond donors (Lipinski definition) is 1. The summed E-state index contributed by atoms with van der Waals surface area (Å²) in [4.78, 5) is 4.06. The minimum absolute atomic E-state index is 0.479. The van der Waals surface area contributed by atoms with Crippen molar-refractivity contribution in [1.82, 2.24) is 4.90 Å². The Morgan fingerprint density at radius 1 is 1.19 bits per heavy atom. The van der Waals surface area contributed by atoms with E-state index in [1.165, 1.54) is 38.2 Å². The van der Waals surface area contributed by atoms with Gasteiger partial charge in [-0.3, -0.25) is 0 Å². The van der Waals surface area contributed by atoms with Gasteiger partial charge in [-0.25, -0.2) is 0 Å². The fourth-order valence-corrected chi connectivity index (χ4v) is 3.51. The van der Waals surface area contributed by atoms with E-state index in [9.17, 15) is 0 Å². The third kappa shape index (κ3) is 1.40. The van der Waals surface area contributed by atoms with Crippen LogP contribution in [0, 0.1) is 0 Å². The Bertz CT molecular complexity index is 391. The van der Waals surface area contributed by atoms with Crippen molar-refractivity contribution in [3.63, 3.8) is 0 Å². The Labute approximate surface area is 97.9 Å². The molecule has 2 heteroatoms. The number of hydrogen-bond acceptors (Lipinski definition) is 1. The minimum Gasteiger partial charge on any atom is -0.306 e. The van der Waals surface area contributed by atoms with Crippen LogP contribution in [-0.2, 0) is 5.41 Å². The Balaban J connectivity index is 1.99. The molecular weight excluding hydrogens is 196 g/mol. The molecule has 1 saturated heterocycles. The summed E-state index contributed by atoms with van der Waals surface area (Å²) >= 11 is 0. The monoisotopic (exact) mass is 217 g/mol. The first kappa shape index (κ1) is 10.3. The van der Waals surface area contributed by atoms with Gasteiger partial charge in [0.15, 0.2) is 0 Å². The Hall–Kier alpha value is -0.860. The zero-order chi connectivity index (χ0) is 11.2. The molecule has 0 aromatic heterocycles. The predicted octanol–water partition coefficient (Wildman–Crippen LogP) is 0.810. The van der Waals surface area contributed by atoms with Crippen molar-refractivity contribution in [2.75, 3.05) is 33.7 Å². The lowest BCUT2D eigenvalue weighted by molar-refractivity contribution is -0.807. The molecule has 0 saturated carbocycles. The molecule has 1 aromatic rings. The Kier molecular flexibility index (Phi) is 2.30. The zero-order valence-electron chi connectivity index (χ0n) is 10.3. The summed E-state index contributed by atoms with van der Waals surface area (Å²) in [5.74, 6) is 0. The van der Waals surface area contributed by atoms with Crippen LogP contribution in [-0.4, -0.2) is 38.6 Å². The molecule has 86 valence electrons. The lowest BCUT2D eigenvalue weighted by atomic mass is 9.74. The van der Waals surface area contributed by atoms with Crippen LogP contribution in [0.2, 0.25) is 0 Å². The summed E-state index contributed by atoms with van der Waals surface area (Å²) in [6.07, 6.45) is 2.66. The van der Waals surface area contributed by atoms with Gasteiger partial charge in [-0.1, -0.05) is 18.2 Å². The number of nitrogens with one attached hydrogen (secondary N) is 1. The van der Waals surface area contributed by atoms with Crippen LogP contribution in [0.15, 0.2) is 24.3 Å². The van der Waals surface area contributed by atoms with E-state index in [-0.39, 0.29) is 0 Å². The number of quaternary nitrogens is 1. The predicted molar refractivity (Wildman–Crippen MR) is 66.3 cm³/mol. The fourth-order valence-electron chi connectivity index (χ4n) is 3.51. The molecule has 0 amide bonds. The zero-order valence-corrected chi connectivity index (χ0v) is 10.3. The van der Waals surface area contributed by atoms with E-state index >= 15 is 0 Å². The molecular formula is C14H21N2+. The summed E-state index contributed by atoms with van der Waals surface area (Å²) < 4.78 is 0. The Morgan fingerprint density at radius 2 is 1.88 bits per heavy atom. The van der Waals surface area contributed by atoms with Crippen LogP contribution in [0.5, 0.6) is 0 Å². The van der Waals surface area contributed by atoms with Crippen LogP contribution < -0.4 is 4.90 Å². The van der Waals surface area contributed by atoms with Crippen molar-refractivity contribution in [2.24, 2.45) is 0 Å². The topological polar surface area (TPSA) is 7.68 Å². The van der Waals surface area contributed by atoms with Crippen LogP contribution in [0.1, 0.15) is 18.4 Å². The van der Waals surface area contributed by atoms with Gasteiger partial charge in [0.1, 0.15) is 5.69 Å². The standard InChI is InChI=1S/C14H20N2/c1-15-9-7-14(8-10-15)11-16(2)13-6-4-3-5-12(13)14/h3-6H,7-11H2,1-2H3/p+1.